The lowest BCUT2D eigenvalue weighted by molar-refractivity contribution is -0.284. The maximum atomic E-state index is 15.1. The van der Waals surface area contributed by atoms with E-state index in [0.717, 1.165) is 50.5 Å². The Morgan fingerprint density at radius 3 is 2.34 bits per heavy atom. The zero-order valence-corrected chi connectivity index (χ0v) is 26.0. The highest BCUT2D eigenvalue weighted by molar-refractivity contribution is 5.92. The largest absolute Gasteiger partial charge is 0.472 e. The summed E-state index contributed by atoms with van der Waals surface area (Å²) in [5.74, 6) is -1.81. The van der Waals surface area contributed by atoms with Gasteiger partial charge in [-0.25, -0.2) is 4.79 Å². The number of Topliss-reactive ketones (excluding diaryl/α,β-unsaturated/α-hetero) is 1. The quantitative estimate of drug-likeness (QED) is 0.371. The number of aliphatic hydroxyl groups excluding tert-OH is 1. The Bertz CT molecular complexity index is 1420. The van der Waals surface area contributed by atoms with Gasteiger partial charge in [0.05, 0.1) is 35.6 Å². The van der Waals surface area contributed by atoms with Crippen LogP contribution in [0.3, 0.4) is 0 Å². The Morgan fingerprint density at radius 2 is 1.64 bits per heavy atom. The molecule has 4 aliphatic heterocycles. The van der Waals surface area contributed by atoms with Crippen molar-refractivity contribution >= 4 is 17.7 Å². The van der Waals surface area contributed by atoms with Crippen LogP contribution >= 0.6 is 0 Å². The summed E-state index contributed by atoms with van der Waals surface area (Å²) in [6.07, 6.45) is 9.19. The lowest BCUT2D eigenvalue weighted by Crippen LogP contribution is -2.79. The number of hydrogen-bond acceptors (Lipinski definition) is 9. The Kier molecular flexibility index (Phi) is 5.46. The fourth-order valence-corrected chi connectivity index (χ4v) is 13.2. The highest BCUT2D eigenvalue weighted by Crippen LogP contribution is 2.83. The van der Waals surface area contributed by atoms with Crippen molar-refractivity contribution in [1.82, 2.24) is 0 Å². The summed E-state index contributed by atoms with van der Waals surface area (Å²) in [4.78, 5) is 42.7. The number of cyclic esters (lactones) is 2. The SMILES string of the molecule is CC1(C)OC2C3(CCCC3)C(=O)OCC23C1C(=O)C(O)C1(C2CCCCC2)C3CCC2(C)C(c3ccoc3)OC(=O)C3OC321. The molecule has 4 saturated heterocycles. The minimum Gasteiger partial charge on any atom is -0.472 e. The van der Waals surface area contributed by atoms with Crippen molar-refractivity contribution < 1.29 is 42.9 Å². The highest BCUT2D eigenvalue weighted by Gasteiger charge is 2.93. The molecule has 1 aromatic rings. The molecule has 9 heteroatoms. The minimum atomic E-state index is -1.34. The zero-order valence-electron chi connectivity index (χ0n) is 26.0. The first-order chi connectivity index (χ1) is 21.0. The molecular formula is C35H44O9. The maximum Gasteiger partial charge on any atom is 0.339 e. The number of aliphatic hydroxyl groups is 1. The fourth-order valence-electron chi connectivity index (χ4n) is 13.2. The van der Waals surface area contributed by atoms with Crippen LogP contribution in [0.1, 0.15) is 103 Å². The van der Waals surface area contributed by atoms with E-state index >= 15 is 4.79 Å². The summed E-state index contributed by atoms with van der Waals surface area (Å²) in [5.41, 5.74) is -4.65. The number of esters is 2. The first-order valence-electron chi connectivity index (χ1n) is 17.0. The van der Waals surface area contributed by atoms with E-state index in [1.54, 1.807) is 12.5 Å². The molecule has 10 unspecified atom stereocenters. The van der Waals surface area contributed by atoms with E-state index in [-0.39, 0.29) is 30.2 Å². The van der Waals surface area contributed by atoms with Gasteiger partial charge in [-0.2, -0.15) is 0 Å². The van der Waals surface area contributed by atoms with Crippen molar-refractivity contribution in [2.75, 3.05) is 6.61 Å². The molecular weight excluding hydrogens is 564 g/mol. The first kappa shape index (κ1) is 28.0. The van der Waals surface area contributed by atoms with Gasteiger partial charge in [0.15, 0.2) is 11.9 Å². The normalized spacial score (nSPS) is 50.1. The second kappa shape index (κ2) is 8.56. The number of ether oxygens (including phenoxy) is 4. The Morgan fingerprint density at radius 1 is 0.886 bits per heavy atom. The van der Waals surface area contributed by atoms with Crippen LogP contribution in [0.5, 0.6) is 0 Å². The van der Waals surface area contributed by atoms with Gasteiger partial charge in [0, 0.05) is 21.8 Å². The van der Waals surface area contributed by atoms with Gasteiger partial charge in [0.1, 0.15) is 24.4 Å². The molecule has 44 heavy (non-hydrogen) atoms. The predicted octanol–water partition coefficient (Wildman–Crippen LogP) is 4.84. The molecule has 5 heterocycles. The molecule has 8 fully saturated rings. The monoisotopic (exact) mass is 608 g/mol. The van der Waals surface area contributed by atoms with Gasteiger partial charge in [-0.3, -0.25) is 9.59 Å². The molecule has 9 rings (SSSR count). The second-order valence-electron chi connectivity index (χ2n) is 16.3. The number of ketones is 1. The van der Waals surface area contributed by atoms with Crippen LogP contribution in [0.15, 0.2) is 23.0 Å². The lowest BCUT2D eigenvalue weighted by Gasteiger charge is -2.70. The summed E-state index contributed by atoms with van der Waals surface area (Å²) in [5, 5.41) is 12.8. The summed E-state index contributed by atoms with van der Waals surface area (Å²) in [7, 11) is 0. The van der Waals surface area contributed by atoms with Gasteiger partial charge in [0.2, 0.25) is 0 Å². The number of hydrogen-bond donors (Lipinski definition) is 1. The minimum absolute atomic E-state index is 0.0439. The first-order valence-corrected chi connectivity index (χ1v) is 17.0. The molecule has 8 aliphatic rings. The average Bonchev–Trinajstić information content (AvgIpc) is 3.32. The number of epoxide rings is 1. The van der Waals surface area contributed by atoms with Gasteiger partial charge >= 0.3 is 11.9 Å². The summed E-state index contributed by atoms with van der Waals surface area (Å²) in [6, 6.07) is 1.84. The third-order valence-electron chi connectivity index (χ3n) is 14.4. The highest BCUT2D eigenvalue weighted by atomic mass is 16.7. The molecule has 4 saturated carbocycles. The van der Waals surface area contributed by atoms with Gasteiger partial charge < -0.3 is 28.5 Å². The van der Waals surface area contributed by atoms with Crippen LogP contribution in [0.4, 0.5) is 0 Å². The third kappa shape index (κ3) is 2.81. The molecule has 10 atom stereocenters. The number of carbonyl (C=O) groups is 3. The smallest absolute Gasteiger partial charge is 0.339 e. The number of carbonyl (C=O) groups excluding carboxylic acids is 3. The van der Waals surface area contributed by atoms with E-state index in [1.165, 1.54) is 0 Å². The van der Waals surface area contributed by atoms with E-state index < -0.39 is 69.2 Å². The third-order valence-corrected chi connectivity index (χ3v) is 14.4. The van der Waals surface area contributed by atoms with Crippen molar-refractivity contribution in [3.8, 4) is 0 Å². The Hall–Kier alpha value is -2.23. The van der Waals surface area contributed by atoms with Gasteiger partial charge in [-0.15, -0.1) is 0 Å². The van der Waals surface area contributed by atoms with E-state index in [1.807, 2.05) is 19.9 Å². The molecule has 238 valence electrons. The average molecular weight is 609 g/mol. The second-order valence-corrected chi connectivity index (χ2v) is 16.3. The number of furan rings is 1. The molecule has 3 spiro atoms. The molecule has 1 N–H and O–H groups in total. The Balaban J connectivity index is 1.32. The van der Waals surface area contributed by atoms with Crippen LogP contribution in [0.2, 0.25) is 0 Å². The van der Waals surface area contributed by atoms with Crippen LogP contribution in [-0.2, 0) is 33.3 Å². The number of rotatable bonds is 2. The van der Waals surface area contributed by atoms with Crippen molar-refractivity contribution in [3.05, 3.63) is 24.2 Å². The van der Waals surface area contributed by atoms with E-state index in [0.29, 0.717) is 25.7 Å². The van der Waals surface area contributed by atoms with Crippen molar-refractivity contribution in [1.29, 1.82) is 0 Å². The predicted molar refractivity (Wildman–Crippen MR) is 153 cm³/mol. The number of fused-ring (bicyclic) bond motifs is 2. The molecule has 0 bridgehead atoms. The van der Waals surface area contributed by atoms with Crippen molar-refractivity contribution in [2.45, 2.75) is 127 Å². The van der Waals surface area contributed by atoms with Gasteiger partial charge in [0.25, 0.3) is 0 Å². The molecule has 4 aliphatic carbocycles. The summed E-state index contributed by atoms with van der Waals surface area (Å²) >= 11 is 0. The molecule has 0 radical (unpaired) electrons. The molecule has 0 aromatic carbocycles. The fraction of sp³-hybridized carbons (Fsp3) is 0.800. The standard InChI is InChI=1S/C35H44O9/c1-30(2)23-22(36)24(37)34(20-9-5-4-6-10-20)21(33(23)18-41-29(39)32(28(33)44-30)13-7-8-14-32)11-15-31(3)25(19-12-16-40-17-19)42-27(38)26-35(31,34)43-26/h12,16-17,20-21,23-26,28,37H,4-11,13-15,18H2,1-3H3. The van der Waals surface area contributed by atoms with E-state index in [9.17, 15) is 14.7 Å². The van der Waals surface area contributed by atoms with Crippen LogP contribution in [0, 0.1) is 39.4 Å². The molecule has 0 amide bonds. The van der Waals surface area contributed by atoms with Gasteiger partial charge in [-0.1, -0.05) is 39.0 Å². The van der Waals surface area contributed by atoms with Crippen LogP contribution in [-0.4, -0.2) is 58.9 Å². The molecule has 1 aromatic heterocycles. The zero-order chi connectivity index (χ0) is 30.5. The molecule has 9 nitrogen and oxygen atoms in total. The van der Waals surface area contributed by atoms with Crippen LogP contribution in [0.25, 0.3) is 0 Å². The summed E-state index contributed by atoms with van der Waals surface area (Å²) < 4.78 is 31.7. The van der Waals surface area contributed by atoms with Crippen LogP contribution < -0.4 is 0 Å². The van der Waals surface area contributed by atoms with Crippen molar-refractivity contribution in [3.63, 3.8) is 0 Å². The van der Waals surface area contributed by atoms with E-state index in [2.05, 4.69) is 6.92 Å². The summed E-state index contributed by atoms with van der Waals surface area (Å²) in [6.45, 7) is 6.14. The van der Waals surface area contributed by atoms with Gasteiger partial charge in [-0.05, 0) is 70.3 Å². The van der Waals surface area contributed by atoms with E-state index in [4.69, 9.17) is 23.4 Å². The Labute approximate surface area is 257 Å². The topological polar surface area (TPSA) is 125 Å². The van der Waals surface area contributed by atoms with Crippen molar-refractivity contribution in [2.24, 2.45) is 39.4 Å². The lowest BCUT2D eigenvalue weighted by atomic mass is 9.32. The maximum absolute atomic E-state index is 15.1.